The maximum absolute atomic E-state index is 12.2. The van der Waals surface area contributed by atoms with Gasteiger partial charge in [-0.25, -0.2) is 13.8 Å². The first kappa shape index (κ1) is 22.8. The minimum absolute atomic E-state index is 0.207. The zero-order valence-electron chi connectivity index (χ0n) is 16.5. The van der Waals surface area contributed by atoms with E-state index in [2.05, 4.69) is 29.9 Å². The van der Waals surface area contributed by atoms with Crippen LogP contribution in [0.1, 0.15) is 44.2 Å². The highest BCUT2D eigenvalue weighted by atomic mass is 19.3. The monoisotopic (exact) mass is 379 g/mol. The van der Waals surface area contributed by atoms with Crippen LogP contribution in [-0.4, -0.2) is 24.1 Å². The van der Waals surface area contributed by atoms with Crippen molar-refractivity contribution in [2.45, 2.75) is 59.0 Å². The van der Waals surface area contributed by atoms with Crippen molar-refractivity contribution in [1.29, 1.82) is 0 Å². The number of nitrogens with one attached hydrogen (secondary N) is 1. The number of unbranched alkanes of at least 4 members (excludes halogenated alkanes) is 1. The quantitative estimate of drug-likeness (QED) is 0.410. The number of pyridine rings is 1. The second-order valence-electron chi connectivity index (χ2n) is 6.35. The van der Waals surface area contributed by atoms with Crippen molar-refractivity contribution < 1.29 is 13.5 Å². The fraction of sp³-hybridized carbons (Fsp3) is 0.476. The zero-order valence-corrected chi connectivity index (χ0v) is 16.5. The Balaban J connectivity index is 2.75. The summed E-state index contributed by atoms with van der Waals surface area (Å²) in [7, 11) is 0. The lowest BCUT2D eigenvalue weighted by Crippen LogP contribution is -2.23. The molecule has 1 aromatic rings. The lowest BCUT2D eigenvalue weighted by Gasteiger charge is -2.15. The van der Waals surface area contributed by atoms with E-state index in [1.807, 2.05) is 25.3 Å². The van der Waals surface area contributed by atoms with E-state index in [1.165, 1.54) is 0 Å². The Morgan fingerprint density at radius 3 is 2.74 bits per heavy atom. The molecule has 1 atom stereocenters. The number of halogens is 2. The highest BCUT2D eigenvalue weighted by Crippen LogP contribution is 2.17. The molecule has 1 heterocycles. The Kier molecular flexibility index (Phi) is 10.3. The SMILES string of the molecule is C=C(CC)/C(=C/NCc1cnc(OCC(F)F)c(C)c1)C(N)/C=C\CCC. The summed E-state index contributed by atoms with van der Waals surface area (Å²) in [4.78, 5) is 4.11. The molecule has 0 fully saturated rings. The number of aromatic nitrogens is 1. The highest BCUT2D eigenvalue weighted by Gasteiger charge is 2.10. The summed E-state index contributed by atoms with van der Waals surface area (Å²) in [5, 5.41) is 3.25. The zero-order chi connectivity index (χ0) is 20.2. The molecule has 0 saturated heterocycles. The van der Waals surface area contributed by atoms with E-state index in [1.54, 1.807) is 13.1 Å². The molecule has 1 unspecified atom stereocenters. The summed E-state index contributed by atoms with van der Waals surface area (Å²) in [6.07, 6.45) is 7.98. The molecule has 0 saturated carbocycles. The van der Waals surface area contributed by atoms with E-state index in [4.69, 9.17) is 10.5 Å². The summed E-state index contributed by atoms with van der Waals surface area (Å²) in [5.41, 5.74) is 9.86. The van der Waals surface area contributed by atoms with Gasteiger partial charge in [0.2, 0.25) is 5.88 Å². The number of alkyl halides is 2. The van der Waals surface area contributed by atoms with Crippen molar-refractivity contribution in [1.82, 2.24) is 10.3 Å². The summed E-state index contributed by atoms with van der Waals surface area (Å²) in [6.45, 7) is 9.93. The Morgan fingerprint density at radius 1 is 1.41 bits per heavy atom. The van der Waals surface area contributed by atoms with Crippen molar-refractivity contribution in [3.05, 3.63) is 59.5 Å². The third-order valence-corrected chi connectivity index (χ3v) is 3.99. The molecule has 0 bridgehead atoms. The number of hydrogen-bond donors (Lipinski definition) is 2. The van der Waals surface area contributed by atoms with E-state index in [-0.39, 0.29) is 11.9 Å². The van der Waals surface area contributed by atoms with Crippen molar-refractivity contribution in [2.24, 2.45) is 5.73 Å². The molecule has 0 spiro atoms. The molecule has 0 radical (unpaired) electrons. The molecule has 0 aliphatic rings. The third-order valence-electron chi connectivity index (χ3n) is 3.99. The van der Waals surface area contributed by atoms with Gasteiger partial charge in [0, 0.05) is 30.5 Å². The smallest absolute Gasteiger partial charge is 0.272 e. The predicted octanol–water partition coefficient (Wildman–Crippen LogP) is 4.66. The van der Waals surface area contributed by atoms with Crippen LogP contribution in [0.5, 0.6) is 5.88 Å². The van der Waals surface area contributed by atoms with E-state index in [0.717, 1.165) is 41.5 Å². The molecular formula is C21H31F2N3O. The highest BCUT2D eigenvalue weighted by molar-refractivity contribution is 5.35. The first-order valence-electron chi connectivity index (χ1n) is 9.29. The minimum Gasteiger partial charge on any atom is -0.471 e. The predicted molar refractivity (Wildman–Crippen MR) is 107 cm³/mol. The van der Waals surface area contributed by atoms with Crippen LogP contribution < -0.4 is 15.8 Å². The van der Waals surface area contributed by atoms with Crippen LogP contribution in [0.15, 0.2) is 48.3 Å². The Morgan fingerprint density at radius 2 is 2.15 bits per heavy atom. The van der Waals surface area contributed by atoms with E-state index < -0.39 is 13.0 Å². The van der Waals surface area contributed by atoms with Gasteiger partial charge < -0.3 is 15.8 Å². The third kappa shape index (κ3) is 8.35. The first-order valence-corrected chi connectivity index (χ1v) is 9.29. The van der Waals surface area contributed by atoms with E-state index >= 15 is 0 Å². The van der Waals surface area contributed by atoms with Gasteiger partial charge >= 0.3 is 0 Å². The molecule has 27 heavy (non-hydrogen) atoms. The van der Waals surface area contributed by atoms with Gasteiger partial charge in [0.1, 0.15) is 0 Å². The maximum atomic E-state index is 12.2. The van der Waals surface area contributed by atoms with Gasteiger partial charge in [-0.15, -0.1) is 0 Å². The van der Waals surface area contributed by atoms with Crippen LogP contribution in [-0.2, 0) is 6.54 Å². The standard InChI is InChI=1S/C21H31F2N3O/c1-5-7-8-9-19(24)18(15(3)6-2)13-25-11-17-10-16(4)21(26-12-17)27-14-20(22)23/h8-10,12-13,19-20,25H,3,5-7,11,14,24H2,1-2,4H3/b9-8-,18-13-. The lowest BCUT2D eigenvalue weighted by atomic mass is 9.98. The van der Waals surface area contributed by atoms with E-state index in [0.29, 0.717) is 6.54 Å². The second-order valence-corrected chi connectivity index (χ2v) is 6.35. The fourth-order valence-corrected chi connectivity index (χ4v) is 2.44. The summed E-state index contributed by atoms with van der Waals surface area (Å²) < 4.78 is 29.5. The molecule has 0 aliphatic heterocycles. The second kappa shape index (κ2) is 12.2. The molecule has 0 aliphatic carbocycles. The number of allylic oxidation sites excluding steroid dienone is 1. The van der Waals surface area contributed by atoms with Crippen LogP contribution in [0.25, 0.3) is 0 Å². The molecular weight excluding hydrogens is 348 g/mol. The van der Waals surface area contributed by atoms with Gasteiger partial charge in [-0.05, 0) is 42.5 Å². The van der Waals surface area contributed by atoms with Crippen molar-refractivity contribution in [3.63, 3.8) is 0 Å². The molecule has 0 amide bonds. The van der Waals surface area contributed by atoms with Crippen LogP contribution in [0.2, 0.25) is 0 Å². The maximum Gasteiger partial charge on any atom is 0.272 e. The van der Waals surface area contributed by atoms with Crippen LogP contribution in [0.3, 0.4) is 0 Å². The normalized spacial score (nSPS) is 13.2. The Bertz CT molecular complexity index is 657. The fourth-order valence-electron chi connectivity index (χ4n) is 2.44. The number of nitrogens with two attached hydrogens (primary N) is 1. The Hall–Kier alpha value is -2.21. The molecule has 1 aromatic heterocycles. The number of nitrogens with zero attached hydrogens (tertiary/aromatic N) is 1. The molecule has 150 valence electrons. The van der Waals surface area contributed by atoms with Gasteiger partial charge in [-0.3, -0.25) is 0 Å². The van der Waals surface area contributed by atoms with Crippen molar-refractivity contribution in [3.8, 4) is 5.88 Å². The molecule has 6 heteroatoms. The molecule has 1 rings (SSSR count). The van der Waals surface area contributed by atoms with Crippen LogP contribution in [0, 0.1) is 6.92 Å². The van der Waals surface area contributed by atoms with Gasteiger partial charge in [-0.2, -0.15) is 0 Å². The minimum atomic E-state index is -2.52. The number of aryl methyl sites for hydroxylation is 1. The Labute approximate surface area is 161 Å². The number of hydrogen-bond acceptors (Lipinski definition) is 4. The molecule has 3 N–H and O–H groups in total. The lowest BCUT2D eigenvalue weighted by molar-refractivity contribution is 0.0792. The van der Waals surface area contributed by atoms with Crippen molar-refractivity contribution >= 4 is 0 Å². The molecule has 4 nitrogen and oxygen atoms in total. The number of ether oxygens (including phenoxy) is 1. The van der Waals surface area contributed by atoms with E-state index in [9.17, 15) is 8.78 Å². The van der Waals surface area contributed by atoms with Crippen LogP contribution in [0.4, 0.5) is 8.78 Å². The topological polar surface area (TPSA) is 60.2 Å². The van der Waals surface area contributed by atoms with Crippen LogP contribution >= 0.6 is 0 Å². The summed E-state index contributed by atoms with van der Waals surface area (Å²) in [6, 6.07) is 1.66. The average Bonchev–Trinajstić information content (AvgIpc) is 2.63. The van der Waals surface area contributed by atoms with Gasteiger partial charge in [0.05, 0.1) is 0 Å². The molecule has 0 aromatic carbocycles. The summed E-state index contributed by atoms with van der Waals surface area (Å²) in [5.74, 6) is 0.234. The average molecular weight is 379 g/mol. The van der Waals surface area contributed by atoms with Gasteiger partial charge in [-0.1, -0.05) is 39.0 Å². The first-order chi connectivity index (χ1) is 12.9. The van der Waals surface area contributed by atoms with Gasteiger partial charge in [0.15, 0.2) is 6.61 Å². The van der Waals surface area contributed by atoms with Crippen molar-refractivity contribution in [2.75, 3.05) is 6.61 Å². The largest absolute Gasteiger partial charge is 0.471 e. The van der Waals surface area contributed by atoms with Gasteiger partial charge in [0.25, 0.3) is 6.43 Å². The number of rotatable bonds is 12. The summed E-state index contributed by atoms with van der Waals surface area (Å²) >= 11 is 0.